The van der Waals surface area contributed by atoms with E-state index in [0.29, 0.717) is 0 Å². The van der Waals surface area contributed by atoms with Crippen LogP contribution in [0.5, 0.6) is 0 Å². The maximum Gasteiger partial charge on any atom is 0.303 e. The Labute approximate surface area is 137 Å². The Morgan fingerprint density at radius 1 is 0.792 bits per heavy atom. The minimum Gasteiger partial charge on any atom is -0.463 e. The Morgan fingerprint density at radius 3 is 1.71 bits per heavy atom. The molecule has 0 saturated carbocycles. The Bertz CT molecular complexity index is 502. The van der Waals surface area contributed by atoms with E-state index in [4.69, 9.17) is 23.7 Å². The van der Waals surface area contributed by atoms with Crippen molar-refractivity contribution in [3.05, 3.63) is 0 Å². The Morgan fingerprint density at radius 2 is 1.25 bits per heavy atom. The number of ether oxygens (including phenoxy) is 5. The zero-order valence-electron chi connectivity index (χ0n) is 13.7. The number of hydrogen-bond acceptors (Lipinski definition) is 10. The first-order chi connectivity index (χ1) is 11.1. The molecule has 1 heterocycles. The maximum absolute atomic E-state index is 11.3. The van der Waals surface area contributed by atoms with Crippen molar-refractivity contribution in [3.8, 4) is 0 Å². The van der Waals surface area contributed by atoms with E-state index >= 15 is 0 Å². The average Bonchev–Trinajstić information content (AvgIpc) is 2.42. The van der Waals surface area contributed by atoms with Crippen molar-refractivity contribution < 1.29 is 48.0 Å². The van der Waals surface area contributed by atoms with Crippen LogP contribution in [0.4, 0.5) is 0 Å². The van der Waals surface area contributed by atoms with Gasteiger partial charge in [0.15, 0.2) is 24.6 Å². The molecule has 1 aliphatic rings. The number of aliphatic hydroxyl groups excluding tert-OH is 1. The standard InChI is InChI=1S/C14H20O10/c1-6(15)20-5-10-11(21-7(2)16)12(22-8(3)17)13(14(19)24-10)23-9(4)18/h10-14,19H,5H2,1-4H3/t10-,11-,12-,13-,14?/m1/s1. The average molecular weight is 348 g/mol. The molecule has 10 heteroatoms. The second kappa shape index (κ2) is 8.60. The van der Waals surface area contributed by atoms with E-state index in [1.165, 1.54) is 0 Å². The van der Waals surface area contributed by atoms with Gasteiger partial charge in [0.2, 0.25) is 0 Å². The van der Waals surface area contributed by atoms with Crippen molar-refractivity contribution >= 4 is 23.9 Å². The van der Waals surface area contributed by atoms with Crippen molar-refractivity contribution in [2.24, 2.45) is 0 Å². The summed E-state index contributed by atoms with van der Waals surface area (Å²) in [6.45, 7) is 4.09. The summed E-state index contributed by atoms with van der Waals surface area (Å²) in [6.07, 6.45) is -6.79. The van der Waals surface area contributed by atoms with Crippen LogP contribution in [0, 0.1) is 0 Å². The molecular weight excluding hydrogens is 328 g/mol. The van der Waals surface area contributed by atoms with Crippen molar-refractivity contribution in [3.63, 3.8) is 0 Å². The molecule has 1 unspecified atom stereocenters. The third-order valence-corrected chi connectivity index (χ3v) is 2.97. The number of esters is 4. The highest BCUT2D eigenvalue weighted by Crippen LogP contribution is 2.28. The molecule has 0 spiro atoms. The van der Waals surface area contributed by atoms with Gasteiger partial charge in [-0.3, -0.25) is 19.2 Å². The molecule has 0 aliphatic carbocycles. The van der Waals surface area contributed by atoms with E-state index in [9.17, 15) is 24.3 Å². The lowest BCUT2D eigenvalue weighted by Crippen LogP contribution is -2.62. The molecule has 0 bridgehead atoms. The monoisotopic (exact) mass is 348 g/mol. The van der Waals surface area contributed by atoms with Crippen LogP contribution in [0.1, 0.15) is 27.7 Å². The van der Waals surface area contributed by atoms with Crippen molar-refractivity contribution in [1.82, 2.24) is 0 Å². The molecule has 0 aromatic carbocycles. The summed E-state index contributed by atoms with van der Waals surface area (Å²) in [7, 11) is 0. The first kappa shape index (κ1) is 19.8. The molecule has 1 fully saturated rings. The van der Waals surface area contributed by atoms with Gasteiger partial charge >= 0.3 is 23.9 Å². The second-order valence-electron chi connectivity index (χ2n) is 5.09. The van der Waals surface area contributed by atoms with E-state index < -0.39 is 54.6 Å². The summed E-state index contributed by atoms with van der Waals surface area (Å²) < 4.78 is 25.0. The molecule has 5 atom stereocenters. The topological polar surface area (TPSA) is 135 Å². The molecule has 0 aromatic rings. The lowest BCUT2D eigenvalue weighted by molar-refractivity contribution is -0.296. The van der Waals surface area contributed by atoms with Gasteiger partial charge in [-0.05, 0) is 0 Å². The lowest BCUT2D eigenvalue weighted by Gasteiger charge is -2.42. The molecule has 10 nitrogen and oxygen atoms in total. The van der Waals surface area contributed by atoms with E-state index in [0.717, 1.165) is 27.7 Å². The summed E-state index contributed by atoms with van der Waals surface area (Å²) in [5, 5.41) is 10.0. The number of carbonyl (C=O) groups is 4. The fourth-order valence-electron chi connectivity index (χ4n) is 2.21. The third kappa shape index (κ3) is 5.78. The van der Waals surface area contributed by atoms with Gasteiger partial charge in [-0.25, -0.2) is 0 Å². The first-order valence-electron chi connectivity index (χ1n) is 7.10. The molecule has 136 valence electrons. The minimum absolute atomic E-state index is 0.366. The van der Waals surface area contributed by atoms with Gasteiger partial charge in [-0.1, -0.05) is 0 Å². The summed E-state index contributed by atoms with van der Waals surface area (Å²) >= 11 is 0. The molecule has 1 N–H and O–H groups in total. The van der Waals surface area contributed by atoms with Crippen LogP contribution in [-0.4, -0.2) is 66.3 Å². The van der Waals surface area contributed by atoms with Crippen LogP contribution >= 0.6 is 0 Å². The molecule has 1 saturated heterocycles. The normalized spacial score (nSPS) is 29.3. The second-order valence-corrected chi connectivity index (χ2v) is 5.09. The number of hydrogen-bond donors (Lipinski definition) is 1. The van der Waals surface area contributed by atoms with Gasteiger partial charge in [-0.15, -0.1) is 0 Å². The Kier molecular flexibility index (Phi) is 7.11. The fraction of sp³-hybridized carbons (Fsp3) is 0.714. The van der Waals surface area contributed by atoms with Crippen LogP contribution in [0.25, 0.3) is 0 Å². The largest absolute Gasteiger partial charge is 0.463 e. The molecule has 1 aliphatic heterocycles. The lowest BCUT2D eigenvalue weighted by atomic mass is 9.98. The quantitative estimate of drug-likeness (QED) is 0.490. The molecular formula is C14H20O10. The van der Waals surface area contributed by atoms with Crippen LogP contribution in [0.15, 0.2) is 0 Å². The van der Waals surface area contributed by atoms with Gasteiger partial charge in [0, 0.05) is 27.7 Å². The summed E-state index contributed by atoms with van der Waals surface area (Å²) in [5.74, 6) is -2.87. The molecule has 24 heavy (non-hydrogen) atoms. The Hall–Kier alpha value is -2.20. The van der Waals surface area contributed by atoms with Gasteiger partial charge in [0.1, 0.15) is 12.7 Å². The predicted octanol–water partition coefficient (Wildman–Crippen LogP) is -0.938. The third-order valence-electron chi connectivity index (χ3n) is 2.97. The first-order valence-corrected chi connectivity index (χ1v) is 7.10. The van der Waals surface area contributed by atoms with Crippen LogP contribution < -0.4 is 0 Å². The SMILES string of the molecule is CC(=O)OC[C@H]1OC(O)[C@H](OC(C)=O)[C@H](OC(C)=O)[C@@H]1OC(C)=O. The highest BCUT2D eigenvalue weighted by atomic mass is 16.7. The van der Waals surface area contributed by atoms with Gasteiger partial charge in [-0.2, -0.15) is 0 Å². The van der Waals surface area contributed by atoms with Crippen molar-refractivity contribution in [2.75, 3.05) is 6.61 Å². The van der Waals surface area contributed by atoms with Crippen LogP contribution in [-0.2, 0) is 42.9 Å². The van der Waals surface area contributed by atoms with E-state index in [2.05, 4.69) is 0 Å². The van der Waals surface area contributed by atoms with Crippen molar-refractivity contribution in [2.45, 2.75) is 58.4 Å². The van der Waals surface area contributed by atoms with E-state index in [1.54, 1.807) is 0 Å². The van der Waals surface area contributed by atoms with Gasteiger partial charge in [0.05, 0.1) is 0 Å². The van der Waals surface area contributed by atoms with E-state index in [1.807, 2.05) is 0 Å². The summed E-state index contributed by atoms with van der Waals surface area (Å²) in [5.41, 5.74) is 0. The zero-order chi connectivity index (χ0) is 18.4. The maximum atomic E-state index is 11.3. The number of aliphatic hydroxyl groups is 1. The van der Waals surface area contributed by atoms with Gasteiger partial charge < -0.3 is 28.8 Å². The summed E-state index contributed by atoms with van der Waals surface area (Å²) in [4.78, 5) is 44.9. The number of rotatable bonds is 5. The molecule has 0 radical (unpaired) electrons. The molecule has 0 amide bonds. The molecule has 1 rings (SSSR count). The fourth-order valence-corrected chi connectivity index (χ4v) is 2.21. The number of carbonyl (C=O) groups excluding carboxylic acids is 4. The molecule has 0 aromatic heterocycles. The highest BCUT2D eigenvalue weighted by molar-refractivity contribution is 5.68. The highest BCUT2D eigenvalue weighted by Gasteiger charge is 2.51. The van der Waals surface area contributed by atoms with Crippen LogP contribution in [0.3, 0.4) is 0 Å². The Balaban J connectivity index is 3.11. The predicted molar refractivity (Wildman–Crippen MR) is 74.2 cm³/mol. The van der Waals surface area contributed by atoms with Crippen molar-refractivity contribution in [1.29, 1.82) is 0 Å². The minimum atomic E-state index is -1.68. The smallest absolute Gasteiger partial charge is 0.303 e. The van der Waals surface area contributed by atoms with Gasteiger partial charge in [0.25, 0.3) is 0 Å². The zero-order valence-corrected chi connectivity index (χ0v) is 13.7. The summed E-state index contributed by atoms with van der Waals surface area (Å²) in [6, 6.07) is 0. The van der Waals surface area contributed by atoms with Crippen LogP contribution in [0.2, 0.25) is 0 Å². The van der Waals surface area contributed by atoms with E-state index in [-0.39, 0.29) is 6.61 Å².